The highest BCUT2D eigenvalue weighted by atomic mass is 32.2. The molecule has 0 spiro atoms. The second kappa shape index (κ2) is 5.72. The van der Waals surface area contributed by atoms with Crippen molar-refractivity contribution in [1.29, 1.82) is 0 Å². The molecular formula is C10H17N3O2S. The number of anilines is 2. The van der Waals surface area contributed by atoms with Gasteiger partial charge in [-0.05, 0) is 24.6 Å². The summed E-state index contributed by atoms with van der Waals surface area (Å²) < 4.78 is 23.9. The smallest absolute Gasteiger partial charge is 0.208 e. The molecule has 0 heterocycles. The number of hydrogen-bond acceptors (Lipinski definition) is 4. The second-order valence-corrected chi connectivity index (χ2v) is 5.41. The van der Waals surface area contributed by atoms with Crippen molar-refractivity contribution in [1.82, 2.24) is 4.72 Å². The Morgan fingerprint density at radius 1 is 1.31 bits per heavy atom. The summed E-state index contributed by atoms with van der Waals surface area (Å²) in [4.78, 5) is 0. The zero-order valence-corrected chi connectivity index (χ0v) is 10.0. The maximum atomic E-state index is 10.8. The molecule has 0 aliphatic carbocycles. The lowest BCUT2D eigenvalue weighted by Gasteiger charge is -2.07. The third-order valence-corrected chi connectivity index (χ3v) is 2.66. The summed E-state index contributed by atoms with van der Waals surface area (Å²) in [6, 6.07) is 7.44. The minimum absolute atomic E-state index is 0.439. The van der Waals surface area contributed by atoms with Crippen molar-refractivity contribution in [3.8, 4) is 0 Å². The molecular weight excluding hydrogens is 226 g/mol. The average molecular weight is 243 g/mol. The summed E-state index contributed by atoms with van der Waals surface area (Å²) in [5, 5.41) is 3.16. The van der Waals surface area contributed by atoms with E-state index in [4.69, 9.17) is 5.73 Å². The highest BCUT2D eigenvalue weighted by Crippen LogP contribution is 2.11. The van der Waals surface area contributed by atoms with Crippen LogP contribution in [0.15, 0.2) is 24.3 Å². The highest BCUT2D eigenvalue weighted by Gasteiger charge is 1.98. The molecule has 4 N–H and O–H groups in total. The minimum atomic E-state index is -3.07. The van der Waals surface area contributed by atoms with Crippen LogP contribution in [0, 0.1) is 0 Å². The first kappa shape index (κ1) is 12.8. The molecule has 0 unspecified atom stereocenters. The molecule has 16 heavy (non-hydrogen) atoms. The lowest BCUT2D eigenvalue weighted by molar-refractivity contribution is 0.586. The van der Waals surface area contributed by atoms with Crippen LogP contribution in [-0.2, 0) is 10.0 Å². The van der Waals surface area contributed by atoms with Gasteiger partial charge in [0, 0.05) is 24.5 Å². The molecule has 90 valence electrons. The molecule has 0 aliphatic heterocycles. The zero-order valence-electron chi connectivity index (χ0n) is 9.23. The predicted molar refractivity (Wildman–Crippen MR) is 66.8 cm³/mol. The van der Waals surface area contributed by atoms with Gasteiger partial charge < -0.3 is 11.1 Å². The number of nitrogens with one attached hydrogen (secondary N) is 2. The lowest BCUT2D eigenvalue weighted by Crippen LogP contribution is -2.24. The van der Waals surface area contributed by atoms with Gasteiger partial charge in [0.05, 0.1) is 6.26 Å². The van der Waals surface area contributed by atoms with E-state index in [1.807, 2.05) is 24.3 Å². The SMILES string of the molecule is CS(=O)(=O)NCCCNc1cccc(N)c1. The van der Waals surface area contributed by atoms with Crippen LogP contribution in [0.1, 0.15) is 6.42 Å². The summed E-state index contributed by atoms with van der Waals surface area (Å²) in [6.07, 6.45) is 1.88. The first-order valence-corrected chi connectivity index (χ1v) is 6.90. The maximum Gasteiger partial charge on any atom is 0.208 e. The van der Waals surface area contributed by atoms with Gasteiger partial charge in [-0.1, -0.05) is 6.07 Å². The van der Waals surface area contributed by atoms with Gasteiger partial charge in [-0.3, -0.25) is 0 Å². The fourth-order valence-electron chi connectivity index (χ4n) is 1.23. The van der Waals surface area contributed by atoms with Crippen LogP contribution < -0.4 is 15.8 Å². The Kier molecular flexibility index (Phi) is 4.57. The molecule has 6 heteroatoms. The molecule has 0 bridgehead atoms. The Morgan fingerprint density at radius 3 is 2.69 bits per heavy atom. The van der Waals surface area contributed by atoms with Crippen molar-refractivity contribution >= 4 is 21.4 Å². The third kappa shape index (κ3) is 5.57. The molecule has 0 saturated carbocycles. The molecule has 0 saturated heterocycles. The van der Waals surface area contributed by atoms with Crippen molar-refractivity contribution < 1.29 is 8.42 Å². The van der Waals surface area contributed by atoms with Crippen molar-refractivity contribution in [2.45, 2.75) is 6.42 Å². The molecule has 1 aromatic rings. The molecule has 0 aromatic heterocycles. The van der Waals surface area contributed by atoms with Gasteiger partial charge in [-0.2, -0.15) is 0 Å². The van der Waals surface area contributed by atoms with Crippen molar-refractivity contribution in [3.05, 3.63) is 24.3 Å². The predicted octanol–water partition coefficient (Wildman–Crippen LogP) is 0.620. The monoisotopic (exact) mass is 243 g/mol. The first-order chi connectivity index (χ1) is 7.47. The van der Waals surface area contributed by atoms with Gasteiger partial charge in [-0.15, -0.1) is 0 Å². The van der Waals surface area contributed by atoms with Gasteiger partial charge in [0.2, 0.25) is 10.0 Å². The van der Waals surface area contributed by atoms with E-state index < -0.39 is 10.0 Å². The van der Waals surface area contributed by atoms with Gasteiger partial charge in [-0.25, -0.2) is 13.1 Å². The van der Waals surface area contributed by atoms with E-state index in [1.165, 1.54) is 0 Å². The number of benzene rings is 1. The van der Waals surface area contributed by atoms with E-state index >= 15 is 0 Å². The molecule has 0 aliphatic rings. The molecule has 1 rings (SSSR count). The van der Waals surface area contributed by atoms with Crippen LogP contribution in [-0.4, -0.2) is 27.8 Å². The minimum Gasteiger partial charge on any atom is -0.399 e. The largest absolute Gasteiger partial charge is 0.399 e. The standard InChI is InChI=1S/C10H17N3O2S/c1-16(14,15)13-7-3-6-12-10-5-2-4-9(11)8-10/h2,4-5,8,12-13H,3,6-7,11H2,1H3. The summed E-state index contributed by atoms with van der Waals surface area (Å²) in [7, 11) is -3.07. The van der Waals surface area contributed by atoms with E-state index in [-0.39, 0.29) is 0 Å². The fourth-order valence-corrected chi connectivity index (χ4v) is 1.74. The van der Waals surface area contributed by atoms with Gasteiger partial charge in [0.25, 0.3) is 0 Å². The quantitative estimate of drug-likeness (QED) is 0.505. The summed E-state index contributed by atoms with van der Waals surface area (Å²) >= 11 is 0. The van der Waals surface area contributed by atoms with Crippen LogP contribution in [0.2, 0.25) is 0 Å². The highest BCUT2D eigenvalue weighted by molar-refractivity contribution is 7.88. The maximum absolute atomic E-state index is 10.8. The van der Waals surface area contributed by atoms with Crippen LogP contribution in [0.25, 0.3) is 0 Å². The Bertz CT molecular complexity index is 431. The fraction of sp³-hybridized carbons (Fsp3) is 0.400. The van der Waals surface area contributed by atoms with Crippen LogP contribution in [0.3, 0.4) is 0 Å². The molecule has 0 atom stereocenters. The summed E-state index contributed by atoms with van der Waals surface area (Å²) in [6.45, 7) is 1.14. The Hall–Kier alpha value is -1.27. The number of sulfonamides is 1. The number of hydrogen-bond donors (Lipinski definition) is 3. The summed E-state index contributed by atoms with van der Waals surface area (Å²) in [5.74, 6) is 0. The average Bonchev–Trinajstić information content (AvgIpc) is 2.15. The van der Waals surface area contributed by atoms with E-state index in [2.05, 4.69) is 10.0 Å². The Morgan fingerprint density at radius 2 is 2.06 bits per heavy atom. The lowest BCUT2D eigenvalue weighted by atomic mass is 10.3. The van der Waals surface area contributed by atoms with Crippen molar-refractivity contribution in [2.24, 2.45) is 0 Å². The summed E-state index contributed by atoms with van der Waals surface area (Å²) in [5.41, 5.74) is 7.27. The number of rotatable bonds is 6. The van der Waals surface area contributed by atoms with Crippen molar-refractivity contribution in [3.63, 3.8) is 0 Å². The molecule has 0 amide bonds. The van der Waals surface area contributed by atoms with E-state index in [0.29, 0.717) is 18.8 Å². The Labute approximate surface area is 96.1 Å². The van der Waals surface area contributed by atoms with E-state index in [0.717, 1.165) is 18.4 Å². The van der Waals surface area contributed by atoms with Crippen LogP contribution in [0.5, 0.6) is 0 Å². The van der Waals surface area contributed by atoms with Crippen LogP contribution >= 0.6 is 0 Å². The third-order valence-electron chi connectivity index (χ3n) is 1.93. The number of nitrogen functional groups attached to an aromatic ring is 1. The second-order valence-electron chi connectivity index (χ2n) is 3.57. The van der Waals surface area contributed by atoms with E-state index in [9.17, 15) is 8.42 Å². The molecule has 1 aromatic carbocycles. The molecule has 5 nitrogen and oxygen atoms in total. The van der Waals surface area contributed by atoms with Gasteiger partial charge in [0.1, 0.15) is 0 Å². The molecule has 0 fully saturated rings. The van der Waals surface area contributed by atoms with Gasteiger partial charge >= 0.3 is 0 Å². The van der Waals surface area contributed by atoms with Crippen LogP contribution in [0.4, 0.5) is 11.4 Å². The van der Waals surface area contributed by atoms with E-state index in [1.54, 1.807) is 0 Å². The topological polar surface area (TPSA) is 84.2 Å². The first-order valence-electron chi connectivity index (χ1n) is 5.01. The zero-order chi connectivity index (χ0) is 12.0. The molecule has 0 radical (unpaired) electrons. The normalized spacial score (nSPS) is 11.3. The Balaban J connectivity index is 2.21. The van der Waals surface area contributed by atoms with Crippen molar-refractivity contribution in [2.75, 3.05) is 30.4 Å². The van der Waals surface area contributed by atoms with Gasteiger partial charge in [0.15, 0.2) is 0 Å². The number of nitrogens with two attached hydrogens (primary N) is 1.